The van der Waals surface area contributed by atoms with Gasteiger partial charge in [-0.15, -0.1) is 11.3 Å². The van der Waals surface area contributed by atoms with Gasteiger partial charge in [0.05, 0.1) is 11.7 Å². The summed E-state index contributed by atoms with van der Waals surface area (Å²) in [6, 6.07) is 17.1. The summed E-state index contributed by atoms with van der Waals surface area (Å²) >= 11 is 1.43. The van der Waals surface area contributed by atoms with E-state index in [0.717, 1.165) is 11.3 Å². The van der Waals surface area contributed by atoms with Crippen LogP contribution >= 0.6 is 11.3 Å². The molecule has 0 saturated carbocycles. The van der Waals surface area contributed by atoms with Gasteiger partial charge in [-0.3, -0.25) is 0 Å². The van der Waals surface area contributed by atoms with Gasteiger partial charge in [0.15, 0.2) is 5.13 Å². The van der Waals surface area contributed by atoms with Crippen LogP contribution in [0, 0.1) is 5.82 Å². The zero-order valence-corrected chi connectivity index (χ0v) is 16.1. The first-order valence-corrected chi connectivity index (χ1v) is 9.81. The lowest BCUT2D eigenvalue weighted by Crippen LogP contribution is -2.13. The molecule has 8 heteroatoms. The second-order valence-corrected chi connectivity index (χ2v) is 7.15. The molecule has 29 heavy (non-hydrogen) atoms. The Bertz CT molecular complexity index is 1070. The van der Waals surface area contributed by atoms with Crippen LogP contribution in [0.1, 0.15) is 17.3 Å². The van der Waals surface area contributed by atoms with Crippen LogP contribution in [0.2, 0.25) is 0 Å². The summed E-state index contributed by atoms with van der Waals surface area (Å²) < 4.78 is 18.8. The number of benzene rings is 2. The molecule has 3 N–H and O–H groups in total. The van der Waals surface area contributed by atoms with Gasteiger partial charge in [0, 0.05) is 11.4 Å². The topological polar surface area (TPSA) is 86.0 Å². The van der Waals surface area contributed by atoms with Gasteiger partial charge in [-0.25, -0.2) is 19.3 Å². The minimum Gasteiger partial charge on any atom is -0.439 e. The van der Waals surface area contributed by atoms with E-state index in [4.69, 9.17) is 10.5 Å². The molecule has 2 aromatic heterocycles. The molecule has 2 aromatic carbocycles. The Balaban J connectivity index is 1.41. The Labute approximate surface area is 171 Å². The fourth-order valence-corrected chi connectivity index (χ4v) is 3.46. The third kappa shape index (κ3) is 5.13. The van der Waals surface area contributed by atoms with E-state index in [1.165, 1.54) is 29.8 Å². The predicted molar refractivity (Wildman–Crippen MR) is 111 cm³/mol. The highest BCUT2D eigenvalue weighted by atomic mass is 32.1. The summed E-state index contributed by atoms with van der Waals surface area (Å²) in [6.07, 6.45) is 2.00. The van der Waals surface area contributed by atoms with Crippen LogP contribution in [0.15, 0.2) is 72.4 Å². The lowest BCUT2D eigenvalue weighted by atomic mass is 10.0. The average Bonchev–Trinajstić information content (AvgIpc) is 3.19. The SMILES string of the molecule is NC(Cc1ccc(F)cc1)c1csc(Nc2cc(Oc3ccccc3)ncn2)n1. The largest absolute Gasteiger partial charge is 0.439 e. The van der Waals surface area contributed by atoms with E-state index in [1.807, 2.05) is 35.7 Å². The molecule has 0 aliphatic rings. The molecule has 0 fully saturated rings. The van der Waals surface area contributed by atoms with Crippen molar-refractivity contribution in [3.05, 3.63) is 89.4 Å². The highest BCUT2D eigenvalue weighted by Crippen LogP contribution is 2.26. The van der Waals surface area contributed by atoms with E-state index in [-0.39, 0.29) is 11.9 Å². The minimum absolute atomic E-state index is 0.261. The maximum Gasteiger partial charge on any atom is 0.224 e. The monoisotopic (exact) mass is 407 g/mol. The molecule has 4 aromatic rings. The molecule has 2 heterocycles. The number of rotatable bonds is 7. The van der Waals surface area contributed by atoms with E-state index >= 15 is 0 Å². The van der Waals surface area contributed by atoms with Crippen molar-refractivity contribution in [1.29, 1.82) is 0 Å². The molecule has 0 bridgehead atoms. The van der Waals surface area contributed by atoms with Crippen molar-refractivity contribution in [2.75, 3.05) is 5.32 Å². The Hall–Kier alpha value is -3.36. The molecule has 146 valence electrons. The molecule has 0 aliphatic carbocycles. The Morgan fingerprint density at radius 2 is 1.86 bits per heavy atom. The summed E-state index contributed by atoms with van der Waals surface area (Å²) in [4.78, 5) is 12.9. The number of thiazole rings is 1. The smallest absolute Gasteiger partial charge is 0.224 e. The first-order chi connectivity index (χ1) is 14.2. The van der Waals surface area contributed by atoms with Crippen molar-refractivity contribution in [3.8, 4) is 11.6 Å². The Kier molecular flexibility index (Phi) is 5.73. The van der Waals surface area contributed by atoms with Crippen molar-refractivity contribution in [3.63, 3.8) is 0 Å². The van der Waals surface area contributed by atoms with Crippen molar-refractivity contribution < 1.29 is 9.13 Å². The minimum atomic E-state index is -0.283. The van der Waals surface area contributed by atoms with Gasteiger partial charge in [0.25, 0.3) is 0 Å². The summed E-state index contributed by atoms with van der Waals surface area (Å²) in [5, 5.41) is 5.72. The number of halogens is 1. The number of aromatic nitrogens is 3. The molecule has 1 atom stereocenters. The molecule has 4 rings (SSSR count). The predicted octanol–water partition coefficient (Wildman–Crippen LogP) is 4.85. The van der Waals surface area contributed by atoms with Crippen LogP contribution in [0.25, 0.3) is 0 Å². The summed E-state index contributed by atoms with van der Waals surface area (Å²) in [5.41, 5.74) is 7.98. The number of nitrogens with two attached hydrogens (primary N) is 1. The third-order valence-electron chi connectivity index (χ3n) is 4.11. The van der Waals surface area contributed by atoms with Crippen LogP contribution in [0.4, 0.5) is 15.3 Å². The maximum atomic E-state index is 13.0. The van der Waals surface area contributed by atoms with Crippen LogP contribution in [0.3, 0.4) is 0 Å². The van der Waals surface area contributed by atoms with Crippen molar-refractivity contribution >= 4 is 22.3 Å². The second-order valence-electron chi connectivity index (χ2n) is 6.30. The standard InChI is InChI=1S/C21H18FN5OS/c22-15-8-6-14(7-9-15)10-17(23)18-12-29-21(26-18)27-19-11-20(25-13-24-19)28-16-4-2-1-3-5-16/h1-9,11-13,17H,10,23H2,(H,24,25,26,27). The second kappa shape index (κ2) is 8.76. The van der Waals surface area contributed by atoms with Crippen LogP contribution in [0.5, 0.6) is 11.6 Å². The van der Waals surface area contributed by atoms with Crippen molar-refractivity contribution in [1.82, 2.24) is 15.0 Å². The number of para-hydroxylation sites is 1. The summed E-state index contributed by atoms with van der Waals surface area (Å²) in [6.45, 7) is 0. The molecule has 0 amide bonds. The van der Waals surface area contributed by atoms with Crippen molar-refractivity contribution in [2.24, 2.45) is 5.73 Å². The van der Waals surface area contributed by atoms with Gasteiger partial charge in [0.1, 0.15) is 23.7 Å². The Morgan fingerprint density at radius 3 is 2.66 bits per heavy atom. The average molecular weight is 407 g/mol. The molecular weight excluding hydrogens is 389 g/mol. The van der Waals surface area contributed by atoms with Gasteiger partial charge < -0.3 is 15.8 Å². The molecule has 0 spiro atoms. The fraction of sp³-hybridized carbons (Fsp3) is 0.0952. The molecule has 0 aliphatic heterocycles. The number of ether oxygens (including phenoxy) is 1. The van der Waals surface area contributed by atoms with Crippen LogP contribution in [-0.2, 0) is 6.42 Å². The Morgan fingerprint density at radius 1 is 1.07 bits per heavy atom. The molecule has 6 nitrogen and oxygen atoms in total. The van der Waals surface area contributed by atoms with Crippen LogP contribution < -0.4 is 15.8 Å². The van der Waals surface area contributed by atoms with Crippen molar-refractivity contribution in [2.45, 2.75) is 12.5 Å². The number of anilines is 2. The van der Waals surface area contributed by atoms with Gasteiger partial charge in [-0.2, -0.15) is 0 Å². The van der Waals surface area contributed by atoms with E-state index in [1.54, 1.807) is 18.2 Å². The fourth-order valence-electron chi connectivity index (χ4n) is 2.68. The van der Waals surface area contributed by atoms with Gasteiger partial charge in [0.2, 0.25) is 5.88 Å². The van der Waals surface area contributed by atoms with E-state index in [0.29, 0.717) is 29.0 Å². The molecule has 0 radical (unpaired) electrons. The zero-order valence-electron chi connectivity index (χ0n) is 15.3. The summed E-state index contributed by atoms with van der Waals surface area (Å²) in [7, 11) is 0. The zero-order chi connectivity index (χ0) is 20.1. The molecule has 0 saturated heterocycles. The highest BCUT2D eigenvalue weighted by Gasteiger charge is 2.12. The van der Waals surface area contributed by atoms with Gasteiger partial charge >= 0.3 is 0 Å². The molecule has 1 unspecified atom stereocenters. The van der Waals surface area contributed by atoms with Gasteiger partial charge in [-0.05, 0) is 36.2 Å². The lowest BCUT2D eigenvalue weighted by molar-refractivity contribution is 0.462. The highest BCUT2D eigenvalue weighted by molar-refractivity contribution is 7.13. The van der Waals surface area contributed by atoms with E-state index in [9.17, 15) is 4.39 Å². The van der Waals surface area contributed by atoms with Gasteiger partial charge in [-0.1, -0.05) is 30.3 Å². The number of nitrogens with one attached hydrogen (secondary N) is 1. The first kappa shape index (κ1) is 19.0. The van der Waals surface area contributed by atoms with E-state index < -0.39 is 0 Å². The van der Waals surface area contributed by atoms with Crippen LogP contribution in [-0.4, -0.2) is 15.0 Å². The van der Waals surface area contributed by atoms with E-state index in [2.05, 4.69) is 20.3 Å². The maximum absolute atomic E-state index is 13.0. The number of nitrogens with zero attached hydrogens (tertiary/aromatic N) is 3. The quantitative estimate of drug-likeness (QED) is 0.455. The lowest BCUT2D eigenvalue weighted by Gasteiger charge is -2.09. The summed E-state index contributed by atoms with van der Waals surface area (Å²) in [5.74, 6) is 1.43. The number of hydrogen-bond acceptors (Lipinski definition) is 7. The molecular formula is C21H18FN5OS. The number of hydrogen-bond donors (Lipinski definition) is 2. The normalized spacial score (nSPS) is 11.8. The first-order valence-electron chi connectivity index (χ1n) is 8.93. The third-order valence-corrected chi connectivity index (χ3v) is 4.89.